The number of non-ortho nitro benzene ring substituents is 1. The first kappa shape index (κ1) is 21.4. The van der Waals surface area contributed by atoms with Crippen molar-refractivity contribution in [3.8, 4) is 11.5 Å². The van der Waals surface area contributed by atoms with Gasteiger partial charge in [-0.1, -0.05) is 5.16 Å². The molecule has 0 unspecified atom stereocenters. The van der Waals surface area contributed by atoms with E-state index in [1.54, 1.807) is 18.2 Å². The molecule has 2 rings (SSSR count). The van der Waals surface area contributed by atoms with Gasteiger partial charge in [0.05, 0.1) is 30.9 Å². The lowest BCUT2D eigenvalue weighted by molar-refractivity contribution is -0.384. The maximum absolute atomic E-state index is 12.0. The van der Waals surface area contributed by atoms with E-state index in [9.17, 15) is 19.7 Å². The number of hydrogen-bond donors (Lipinski definition) is 1. The quantitative estimate of drug-likeness (QED) is 0.296. The van der Waals surface area contributed by atoms with Crippen molar-refractivity contribution < 1.29 is 28.8 Å². The minimum Gasteiger partial charge on any atom is -0.496 e. The maximum atomic E-state index is 12.0. The smallest absolute Gasteiger partial charge is 0.273 e. The lowest BCUT2D eigenvalue weighted by Gasteiger charge is -2.09. The minimum absolute atomic E-state index is 0.0189. The number of carbonyl (C=O) groups is 2. The van der Waals surface area contributed by atoms with Gasteiger partial charge in [0, 0.05) is 17.2 Å². The summed E-state index contributed by atoms with van der Waals surface area (Å²) in [5.74, 6) is -0.0756. The van der Waals surface area contributed by atoms with Gasteiger partial charge in [-0.2, -0.15) is 0 Å². The molecule has 0 atom stereocenters. The van der Waals surface area contributed by atoms with Crippen LogP contribution in [0.1, 0.15) is 22.8 Å². The molecule has 0 saturated carbocycles. The molecule has 0 saturated heterocycles. The van der Waals surface area contributed by atoms with Crippen LogP contribution in [0.2, 0.25) is 0 Å². The Bertz CT molecular complexity index is 957. The van der Waals surface area contributed by atoms with E-state index in [0.717, 1.165) is 6.21 Å². The number of anilines is 1. The average molecular weight is 401 g/mol. The molecule has 1 amide bonds. The second kappa shape index (κ2) is 9.83. The van der Waals surface area contributed by atoms with Gasteiger partial charge in [0.2, 0.25) is 0 Å². The Morgan fingerprint density at radius 2 is 1.86 bits per heavy atom. The summed E-state index contributed by atoms with van der Waals surface area (Å²) in [7, 11) is 2.81. The molecule has 10 nitrogen and oxygen atoms in total. The predicted octanol–water partition coefficient (Wildman–Crippen LogP) is 2.96. The number of ether oxygens (including phenoxy) is 2. The van der Waals surface area contributed by atoms with Gasteiger partial charge in [-0.25, -0.2) is 0 Å². The third-order valence-electron chi connectivity index (χ3n) is 3.81. The molecule has 0 radical (unpaired) electrons. The number of nitrogens with zero attached hydrogens (tertiary/aromatic N) is 2. The Labute approximate surface area is 166 Å². The zero-order valence-corrected chi connectivity index (χ0v) is 16.0. The highest BCUT2D eigenvalue weighted by atomic mass is 16.6. The number of nitro benzene ring substituents is 1. The lowest BCUT2D eigenvalue weighted by atomic mass is 10.1. The summed E-state index contributed by atoms with van der Waals surface area (Å²) >= 11 is 0. The number of hydrogen-bond acceptors (Lipinski definition) is 8. The van der Waals surface area contributed by atoms with E-state index in [0.29, 0.717) is 16.9 Å². The van der Waals surface area contributed by atoms with Crippen molar-refractivity contribution in [2.24, 2.45) is 5.16 Å². The van der Waals surface area contributed by atoms with Crippen LogP contribution < -0.4 is 14.8 Å². The fourth-order valence-electron chi connectivity index (χ4n) is 2.36. The molecule has 0 heterocycles. The first-order chi connectivity index (χ1) is 13.8. The molecule has 29 heavy (non-hydrogen) atoms. The van der Waals surface area contributed by atoms with E-state index in [-0.39, 0.29) is 29.5 Å². The Morgan fingerprint density at radius 1 is 1.14 bits per heavy atom. The fourth-order valence-corrected chi connectivity index (χ4v) is 2.36. The van der Waals surface area contributed by atoms with Gasteiger partial charge in [0.25, 0.3) is 11.6 Å². The molecule has 0 aliphatic carbocycles. The predicted molar refractivity (Wildman–Crippen MR) is 105 cm³/mol. The second-order valence-corrected chi connectivity index (χ2v) is 5.72. The number of oxime groups is 1. The molecule has 0 bridgehead atoms. The molecule has 0 aliphatic heterocycles. The number of nitrogens with one attached hydrogen (secondary N) is 1. The number of benzene rings is 2. The summed E-state index contributed by atoms with van der Waals surface area (Å²) in [5, 5.41) is 16.9. The van der Waals surface area contributed by atoms with E-state index < -0.39 is 10.8 Å². The molecule has 2 aromatic rings. The van der Waals surface area contributed by atoms with Gasteiger partial charge in [-0.15, -0.1) is 0 Å². The molecular weight excluding hydrogens is 382 g/mol. The molecule has 10 heteroatoms. The molecule has 0 spiro atoms. The van der Waals surface area contributed by atoms with Crippen molar-refractivity contribution in [1.82, 2.24) is 0 Å². The van der Waals surface area contributed by atoms with E-state index in [2.05, 4.69) is 10.5 Å². The normalized spacial score (nSPS) is 10.4. The Kier molecular flexibility index (Phi) is 7.24. The van der Waals surface area contributed by atoms with Crippen LogP contribution in [-0.4, -0.2) is 37.0 Å². The minimum atomic E-state index is -0.624. The third-order valence-corrected chi connectivity index (χ3v) is 3.81. The summed E-state index contributed by atoms with van der Waals surface area (Å²) in [6.45, 7) is 1.43. The number of methoxy groups -OCH3 is 2. The van der Waals surface area contributed by atoms with Crippen molar-refractivity contribution in [2.45, 2.75) is 13.5 Å². The molecule has 0 aromatic heterocycles. The number of amides is 1. The maximum Gasteiger partial charge on any atom is 0.273 e. The van der Waals surface area contributed by atoms with Crippen LogP contribution in [-0.2, 0) is 16.2 Å². The number of Topliss-reactive ketones (excluding diaryl/α,β-unsaturated/α-hetero) is 1. The molecular formula is C19H19N3O7. The summed E-state index contributed by atoms with van der Waals surface area (Å²) < 4.78 is 10.2. The molecule has 152 valence electrons. The number of rotatable bonds is 9. The van der Waals surface area contributed by atoms with Gasteiger partial charge in [0.1, 0.15) is 24.3 Å². The topological polar surface area (TPSA) is 129 Å². The molecule has 0 fully saturated rings. The zero-order chi connectivity index (χ0) is 21.4. The number of ketones is 1. The largest absolute Gasteiger partial charge is 0.496 e. The van der Waals surface area contributed by atoms with E-state index in [1.165, 1.54) is 39.3 Å². The summed E-state index contributed by atoms with van der Waals surface area (Å²) in [6, 6.07) is 8.68. The first-order valence-electron chi connectivity index (χ1n) is 8.32. The van der Waals surface area contributed by atoms with Crippen LogP contribution in [0.4, 0.5) is 11.4 Å². The average Bonchev–Trinajstić information content (AvgIpc) is 2.71. The van der Waals surface area contributed by atoms with Crippen LogP contribution in [0.3, 0.4) is 0 Å². The monoisotopic (exact) mass is 401 g/mol. The standard InChI is InChI=1S/C19H19N3O7/c1-12(23)13-4-7-17(27-2)14(8-13)11-29-20-10-19(24)21-16-6-5-15(22(25)26)9-18(16)28-3/h4-10H,11H2,1-3H3,(H,21,24)/b20-10-. The zero-order valence-electron chi connectivity index (χ0n) is 16.0. The van der Waals surface area contributed by atoms with E-state index in [1.807, 2.05) is 0 Å². The Morgan fingerprint density at radius 3 is 2.48 bits per heavy atom. The molecule has 2 aromatic carbocycles. The second-order valence-electron chi connectivity index (χ2n) is 5.72. The SMILES string of the molecule is COc1ccc(C(C)=O)cc1CO/N=C\C(=O)Nc1ccc([N+](=O)[O-])cc1OC. The fraction of sp³-hybridized carbons (Fsp3) is 0.211. The molecule has 1 N–H and O–H groups in total. The molecule has 0 aliphatic rings. The number of carbonyl (C=O) groups excluding carboxylic acids is 2. The van der Waals surface area contributed by atoms with Crippen molar-refractivity contribution in [3.63, 3.8) is 0 Å². The first-order valence-corrected chi connectivity index (χ1v) is 8.32. The lowest BCUT2D eigenvalue weighted by Crippen LogP contribution is -2.13. The summed E-state index contributed by atoms with van der Waals surface area (Å²) in [5.41, 5.74) is 1.16. The van der Waals surface area contributed by atoms with Crippen LogP contribution in [0, 0.1) is 10.1 Å². The Hall–Kier alpha value is -3.95. The van der Waals surface area contributed by atoms with Crippen LogP contribution in [0.25, 0.3) is 0 Å². The van der Waals surface area contributed by atoms with E-state index in [4.69, 9.17) is 14.3 Å². The Balaban J connectivity index is 2.00. The van der Waals surface area contributed by atoms with Crippen molar-refractivity contribution in [3.05, 3.63) is 57.6 Å². The van der Waals surface area contributed by atoms with Gasteiger partial charge in [-0.3, -0.25) is 19.7 Å². The van der Waals surface area contributed by atoms with Crippen molar-refractivity contribution >= 4 is 29.3 Å². The highest BCUT2D eigenvalue weighted by Crippen LogP contribution is 2.28. The van der Waals surface area contributed by atoms with Crippen LogP contribution >= 0.6 is 0 Å². The van der Waals surface area contributed by atoms with Gasteiger partial charge >= 0.3 is 0 Å². The highest BCUT2D eigenvalue weighted by molar-refractivity contribution is 6.31. The van der Waals surface area contributed by atoms with Crippen molar-refractivity contribution in [1.29, 1.82) is 0 Å². The van der Waals surface area contributed by atoms with Crippen LogP contribution in [0.15, 0.2) is 41.6 Å². The highest BCUT2D eigenvalue weighted by Gasteiger charge is 2.13. The van der Waals surface area contributed by atoms with Crippen LogP contribution in [0.5, 0.6) is 11.5 Å². The third kappa shape index (κ3) is 5.76. The van der Waals surface area contributed by atoms with Crippen molar-refractivity contribution in [2.75, 3.05) is 19.5 Å². The van der Waals surface area contributed by atoms with E-state index >= 15 is 0 Å². The van der Waals surface area contributed by atoms with Gasteiger partial charge < -0.3 is 19.6 Å². The summed E-state index contributed by atoms with van der Waals surface area (Å²) in [4.78, 5) is 38.8. The van der Waals surface area contributed by atoms with Gasteiger partial charge in [-0.05, 0) is 31.2 Å². The van der Waals surface area contributed by atoms with Gasteiger partial charge in [0.15, 0.2) is 5.78 Å². The summed E-state index contributed by atoms with van der Waals surface area (Å²) in [6.07, 6.45) is 0.905. The number of nitro groups is 1.